The van der Waals surface area contributed by atoms with Crippen LogP contribution in [0.3, 0.4) is 0 Å². The zero-order chi connectivity index (χ0) is 9.97. The molecule has 0 aromatic heterocycles. The third-order valence-electron chi connectivity index (χ3n) is 2.97. The van der Waals surface area contributed by atoms with Gasteiger partial charge < -0.3 is 15.4 Å². The van der Waals surface area contributed by atoms with Gasteiger partial charge in [-0.3, -0.25) is 0 Å². The Kier molecular flexibility index (Phi) is 3.23. The molecule has 1 aliphatic carbocycles. The lowest BCUT2D eigenvalue weighted by Crippen LogP contribution is -2.40. The Morgan fingerprint density at radius 1 is 1.43 bits per heavy atom. The van der Waals surface area contributed by atoms with Crippen LogP contribution in [-0.2, 0) is 4.74 Å². The van der Waals surface area contributed by atoms with Crippen molar-refractivity contribution in [3.05, 3.63) is 0 Å². The molecule has 1 aliphatic heterocycles. The standard InChI is InChI=1S/C10H18N2OS/c1-7-8(4-5-13-7)6-11-10(14)12-9-2-3-9/h7-9H,2-6H2,1H3,(H2,11,12,14). The van der Waals surface area contributed by atoms with Crippen LogP contribution in [0.15, 0.2) is 0 Å². The molecule has 2 rings (SSSR count). The molecule has 14 heavy (non-hydrogen) atoms. The fourth-order valence-corrected chi connectivity index (χ4v) is 1.98. The van der Waals surface area contributed by atoms with Crippen molar-refractivity contribution in [1.82, 2.24) is 10.6 Å². The van der Waals surface area contributed by atoms with Crippen LogP contribution < -0.4 is 10.6 Å². The maximum atomic E-state index is 5.49. The largest absolute Gasteiger partial charge is 0.378 e. The van der Waals surface area contributed by atoms with Crippen LogP contribution in [0.1, 0.15) is 26.2 Å². The molecule has 3 nitrogen and oxygen atoms in total. The van der Waals surface area contributed by atoms with Crippen molar-refractivity contribution in [2.24, 2.45) is 5.92 Å². The summed E-state index contributed by atoms with van der Waals surface area (Å²) >= 11 is 5.18. The number of nitrogens with one attached hydrogen (secondary N) is 2. The van der Waals surface area contributed by atoms with E-state index in [1.165, 1.54) is 12.8 Å². The molecule has 1 heterocycles. The lowest BCUT2D eigenvalue weighted by Gasteiger charge is -2.16. The molecule has 0 spiro atoms. The summed E-state index contributed by atoms with van der Waals surface area (Å²) in [5.74, 6) is 0.619. The molecule has 2 unspecified atom stereocenters. The number of rotatable bonds is 3. The van der Waals surface area contributed by atoms with Gasteiger partial charge in [-0.15, -0.1) is 0 Å². The van der Waals surface area contributed by atoms with Crippen molar-refractivity contribution in [2.45, 2.75) is 38.3 Å². The van der Waals surface area contributed by atoms with Crippen molar-refractivity contribution >= 4 is 17.3 Å². The van der Waals surface area contributed by atoms with Crippen LogP contribution in [0.2, 0.25) is 0 Å². The maximum absolute atomic E-state index is 5.49. The van der Waals surface area contributed by atoms with Gasteiger partial charge in [-0.2, -0.15) is 0 Å². The highest BCUT2D eigenvalue weighted by Crippen LogP contribution is 2.20. The molecule has 4 heteroatoms. The maximum Gasteiger partial charge on any atom is 0.166 e. The molecule has 2 atom stereocenters. The molecule has 0 bridgehead atoms. The molecule has 0 aromatic carbocycles. The van der Waals surface area contributed by atoms with E-state index in [0.717, 1.165) is 24.7 Å². The minimum absolute atomic E-state index is 0.381. The molecule has 2 N–H and O–H groups in total. The van der Waals surface area contributed by atoms with Crippen LogP contribution in [0, 0.1) is 5.92 Å². The Bertz CT molecular complexity index is 218. The van der Waals surface area contributed by atoms with E-state index in [0.29, 0.717) is 18.1 Å². The smallest absolute Gasteiger partial charge is 0.166 e. The summed E-state index contributed by atoms with van der Waals surface area (Å²) in [5, 5.41) is 7.35. The van der Waals surface area contributed by atoms with Crippen LogP contribution in [0.4, 0.5) is 0 Å². The fourth-order valence-electron chi connectivity index (χ4n) is 1.73. The van der Waals surface area contributed by atoms with Crippen LogP contribution in [0.25, 0.3) is 0 Å². The van der Waals surface area contributed by atoms with E-state index in [1.54, 1.807) is 0 Å². The van der Waals surface area contributed by atoms with Crippen molar-refractivity contribution in [1.29, 1.82) is 0 Å². The molecule has 80 valence electrons. The Hall–Kier alpha value is -0.350. The van der Waals surface area contributed by atoms with Gasteiger partial charge in [-0.25, -0.2) is 0 Å². The zero-order valence-corrected chi connectivity index (χ0v) is 9.40. The van der Waals surface area contributed by atoms with E-state index in [1.807, 2.05) is 0 Å². The van der Waals surface area contributed by atoms with Crippen LogP contribution in [0.5, 0.6) is 0 Å². The third kappa shape index (κ3) is 2.82. The van der Waals surface area contributed by atoms with Gasteiger partial charge in [0.15, 0.2) is 5.11 Å². The van der Waals surface area contributed by atoms with Gasteiger partial charge in [0.25, 0.3) is 0 Å². The van der Waals surface area contributed by atoms with E-state index in [4.69, 9.17) is 17.0 Å². The van der Waals surface area contributed by atoms with E-state index in [9.17, 15) is 0 Å². The van der Waals surface area contributed by atoms with Gasteiger partial charge in [0.05, 0.1) is 6.10 Å². The fraction of sp³-hybridized carbons (Fsp3) is 0.900. The topological polar surface area (TPSA) is 33.3 Å². The second-order valence-electron chi connectivity index (χ2n) is 4.25. The Labute approximate surface area is 90.6 Å². The predicted molar refractivity (Wildman–Crippen MR) is 60.3 cm³/mol. The summed E-state index contributed by atoms with van der Waals surface area (Å²) in [7, 11) is 0. The second-order valence-corrected chi connectivity index (χ2v) is 4.66. The van der Waals surface area contributed by atoms with Crippen molar-refractivity contribution in [2.75, 3.05) is 13.2 Å². The molecule has 0 amide bonds. The highest BCUT2D eigenvalue weighted by atomic mass is 32.1. The van der Waals surface area contributed by atoms with E-state index >= 15 is 0 Å². The lowest BCUT2D eigenvalue weighted by molar-refractivity contribution is 0.106. The Morgan fingerprint density at radius 2 is 2.21 bits per heavy atom. The van der Waals surface area contributed by atoms with Crippen molar-refractivity contribution in [3.8, 4) is 0 Å². The van der Waals surface area contributed by atoms with E-state index in [2.05, 4.69) is 17.6 Å². The molecule has 0 radical (unpaired) electrons. The highest BCUT2D eigenvalue weighted by molar-refractivity contribution is 7.80. The summed E-state index contributed by atoms with van der Waals surface area (Å²) in [6.07, 6.45) is 4.07. The summed E-state index contributed by atoms with van der Waals surface area (Å²) in [6.45, 7) is 3.98. The Morgan fingerprint density at radius 3 is 2.79 bits per heavy atom. The van der Waals surface area contributed by atoms with E-state index < -0.39 is 0 Å². The molecule has 0 aromatic rings. The first-order valence-corrected chi connectivity index (χ1v) is 5.82. The van der Waals surface area contributed by atoms with Gasteiger partial charge in [0, 0.05) is 25.1 Å². The van der Waals surface area contributed by atoms with Crippen molar-refractivity contribution in [3.63, 3.8) is 0 Å². The van der Waals surface area contributed by atoms with Crippen molar-refractivity contribution < 1.29 is 4.74 Å². The van der Waals surface area contributed by atoms with Crippen LogP contribution >= 0.6 is 12.2 Å². The van der Waals surface area contributed by atoms with Gasteiger partial charge in [0.1, 0.15) is 0 Å². The first-order valence-electron chi connectivity index (χ1n) is 5.41. The zero-order valence-electron chi connectivity index (χ0n) is 8.58. The molecule has 2 aliphatic rings. The number of hydrogen-bond acceptors (Lipinski definition) is 2. The summed E-state index contributed by atoms with van der Waals surface area (Å²) in [5.41, 5.74) is 0. The average molecular weight is 214 g/mol. The van der Waals surface area contributed by atoms with Gasteiger partial charge in [-0.1, -0.05) is 0 Å². The second kappa shape index (κ2) is 4.45. The summed E-state index contributed by atoms with van der Waals surface area (Å²) in [6, 6.07) is 0.646. The van der Waals surface area contributed by atoms with Gasteiger partial charge in [0.2, 0.25) is 0 Å². The average Bonchev–Trinajstić information content (AvgIpc) is 2.86. The van der Waals surface area contributed by atoms with Gasteiger partial charge in [-0.05, 0) is 38.4 Å². The predicted octanol–water partition coefficient (Wildman–Crippen LogP) is 1.04. The lowest BCUT2D eigenvalue weighted by atomic mass is 10.0. The summed E-state index contributed by atoms with van der Waals surface area (Å²) < 4.78 is 5.49. The molecule has 1 saturated carbocycles. The summed E-state index contributed by atoms with van der Waals surface area (Å²) in [4.78, 5) is 0. The normalized spacial score (nSPS) is 31.5. The molecule has 2 fully saturated rings. The number of ether oxygens (including phenoxy) is 1. The third-order valence-corrected chi connectivity index (χ3v) is 3.23. The monoisotopic (exact) mass is 214 g/mol. The SMILES string of the molecule is CC1OCCC1CNC(=S)NC1CC1. The first kappa shape index (κ1) is 10.2. The molecular weight excluding hydrogens is 196 g/mol. The molecule has 1 saturated heterocycles. The van der Waals surface area contributed by atoms with Gasteiger partial charge >= 0.3 is 0 Å². The van der Waals surface area contributed by atoms with E-state index in [-0.39, 0.29) is 0 Å². The molecular formula is C10H18N2OS. The van der Waals surface area contributed by atoms with Crippen LogP contribution in [-0.4, -0.2) is 30.4 Å². The Balaban J connectivity index is 1.62. The minimum Gasteiger partial charge on any atom is -0.378 e. The quantitative estimate of drug-likeness (QED) is 0.688. The highest BCUT2D eigenvalue weighted by Gasteiger charge is 2.25. The number of thiocarbonyl (C=S) groups is 1. The minimum atomic E-state index is 0.381. The number of hydrogen-bond donors (Lipinski definition) is 2. The first-order chi connectivity index (χ1) is 6.75.